The summed E-state index contributed by atoms with van der Waals surface area (Å²) in [5.41, 5.74) is 1.82. The molecule has 1 unspecified atom stereocenters. The van der Waals surface area contributed by atoms with E-state index in [1.54, 1.807) is 41.5 Å². The number of carboxylic acids is 1. The summed E-state index contributed by atoms with van der Waals surface area (Å²) in [7, 11) is 0. The molecule has 0 saturated carbocycles. The van der Waals surface area contributed by atoms with Crippen molar-refractivity contribution in [3.8, 4) is 0 Å². The Morgan fingerprint density at radius 3 is 1.77 bits per heavy atom. The lowest BCUT2D eigenvalue weighted by Crippen LogP contribution is -2.53. The number of hydrogen-bond donors (Lipinski definition) is 1. The van der Waals surface area contributed by atoms with Crippen molar-refractivity contribution in [1.29, 1.82) is 0 Å². The Morgan fingerprint density at radius 1 is 0.688 bits per heavy atom. The number of carbonyl (C=O) groups is 8. The molecule has 3 saturated heterocycles. The largest absolute Gasteiger partial charge is 0.480 e. The van der Waals surface area contributed by atoms with Crippen LogP contribution in [0.25, 0.3) is 0 Å². The zero-order chi connectivity index (χ0) is 56.5. The van der Waals surface area contributed by atoms with Crippen molar-refractivity contribution in [2.24, 2.45) is 11.8 Å². The lowest BCUT2D eigenvalue weighted by Gasteiger charge is -2.34. The number of ether oxygens (including phenoxy) is 3. The summed E-state index contributed by atoms with van der Waals surface area (Å²) in [6.45, 7) is 17.8. The molecule has 7 atom stereocenters. The molecule has 3 amide bonds. The number of hydrogen-bond acceptors (Lipinski definition) is 12. The van der Waals surface area contributed by atoms with Gasteiger partial charge in [-0.05, 0) is 128 Å². The van der Waals surface area contributed by atoms with E-state index >= 15 is 0 Å². The van der Waals surface area contributed by atoms with Crippen LogP contribution in [0.15, 0.2) is 91.0 Å². The molecule has 16 nitrogen and oxygen atoms in total. The molecule has 6 rings (SSSR count). The number of likely N-dealkylation sites (tertiary alicyclic amines) is 1. The molecule has 3 aliphatic rings. The van der Waals surface area contributed by atoms with E-state index in [1.165, 1.54) is 27.2 Å². The summed E-state index contributed by atoms with van der Waals surface area (Å²) in [5, 5.41) is 9.93. The lowest BCUT2D eigenvalue weighted by atomic mass is 10.0. The van der Waals surface area contributed by atoms with Gasteiger partial charge in [0.15, 0.2) is 5.78 Å². The summed E-state index contributed by atoms with van der Waals surface area (Å²) >= 11 is 0. The number of rotatable bonds is 22. The van der Waals surface area contributed by atoms with Gasteiger partial charge in [-0.2, -0.15) is 0 Å². The third kappa shape index (κ3) is 19.8. The van der Waals surface area contributed by atoms with Gasteiger partial charge in [-0.3, -0.25) is 38.6 Å². The number of fused-ring (bicyclic) bond motifs is 1. The van der Waals surface area contributed by atoms with Crippen molar-refractivity contribution >= 4 is 47.4 Å². The molecule has 3 aliphatic heterocycles. The molecule has 420 valence electrons. The maximum Gasteiger partial charge on any atom is 0.410 e. The molecule has 16 heteroatoms. The van der Waals surface area contributed by atoms with Crippen LogP contribution < -0.4 is 0 Å². The van der Waals surface area contributed by atoms with Crippen LogP contribution in [0.5, 0.6) is 0 Å². The van der Waals surface area contributed by atoms with E-state index in [0.717, 1.165) is 43.4 Å². The van der Waals surface area contributed by atoms with Crippen molar-refractivity contribution in [2.45, 2.75) is 187 Å². The Labute approximate surface area is 456 Å². The third-order valence-electron chi connectivity index (χ3n) is 14.2. The molecule has 0 aromatic heterocycles. The molecule has 0 bridgehead atoms. The molecular weight excluding hydrogens is 981 g/mol. The number of esters is 2. The van der Waals surface area contributed by atoms with Crippen LogP contribution >= 0.6 is 0 Å². The van der Waals surface area contributed by atoms with E-state index in [1.807, 2.05) is 85.8 Å². The third-order valence-corrected chi connectivity index (χ3v) is 14.2. The molecule has 0 aliphatic carbocycles. The normalized spacial score (nSPS) is 20.4. The van der Waals surface area contributed by atoms with Crippen molar-refractivity contribution in [3.05, 3.63) is 108 Å². The van der Waals surface area contributed by atoms with E-state index in [9.17, 15) is 43.5 Å². The maximum absolute atomic E-state index is 14.2. The average molecular weight is 1070 g/mol. The molecular formula is C61H84N4O12. The fraction of sp³-hybridized carbons (Fsp3) is 0.574. The van der Waals surface area contributed by atoms with E-state index in [4.69, 9.17) is 14.2 Å². The second-order valence-corrected chi connectivity index (χ2v) is 23.1. The first-order valence-electron chi connectivity index (χ1n) is 27.5. The topological polar surface area (TPSA) is 197 Å². The summed E-state index contributed by atoms with van der Waals surface area (Å²) in [6, 6.07) is 26.4. The van der Waals surface area contributed by atoms with Crippen LogP contribution in [0.4, 0.5) is 4.79 Å². The molecule has 1 N–H and O–H groups in total. The van der Waals surface area contributed by atoms with Crippen LogP contribution in [-0.4, -0.2) is 140 Å². The van der Waals surface area contributed by atoms with E-state index in [-0.39, 0.29) is 80.7 Å². The molecule has 0 radical (unpaired) electrons. The fourth-order valence-corrected chi connectivity index (χ4v) is 10.6. The highest BCUT2D eigenvalue weighted by Gasteiger charge is 2.46. The lowest BCUT2D eigenvalue weighted by molar-refractivity contribution is -0.158. The monoisotopic (exact) mass is 1060 g/mol. The van der Waals surface area contributed by atoms with Crippen LogP contribution in [0.2, 0.25) is 0 Å². The number of nitrogens with zero attached hydrogens (tertiary/aromatic N) is 4. The summed E-state index contributed by atoms with van der Waals surface area (Å²) < 4.78 is 16.3. The highest BCUT2D eigenvalue weighted by Crippen LogP contribution is 2.34. The zero-order valence-corrected chi connectivity index (χ0v) is 46.9. The minimum absolute atomic E-state index is 0.00278. The number of ketones is 2. The van der Waals surface area contributed by atoms with Gasteiger partial charge in [0.25, 0.3) is 0 Å². The van der Waals surface area contributed by atoms with Crippen LogP contribution in [0, 0.1) is 11.8 Å². The first-order chi connectivity index (χ1) is 36.4. The van der Waals surface area contributed by atoms with E-state index < -0.39 is 59.2 Å². The van der Waals surface area contributed by atoms with Gasteiger partial charge in [0, 0.05) is 57.9 Å². The number of benzene rings is 3. The number of amides is 3. The van der Waals surface area contributed by atoms with Gasteiger partial charge in [0.05, 0.1) is 12.1 Å². The van der Waals surface area contributed by atoms with E-state index in [0.29, 0.717) is 38.3 Å². The first kappa shape index (κ1) is 61.4. The Bertz CT molecular complexity index is 2440. The SMILES string of the molecule is CC(=O)[C@@H](CCC(=O)OC(C)(C)C)N(CCC(=O)CCc1ccccc1)C(=O)[C@@H]1C[C@@H](C)CN1C(=O)OCc1ccccc1.C[C@@H]1C[C@H]2C(=O)N([C@H](CCC(=O)OC(C)(C)C)C(=O)O)CCC(CCc3ccccc3)N2C1. The Hall–Kier alpha value is -6.42. The van der Waals surface area contributed by atoms with Crippen molar-refractivity contribution in [2.75, 3.05) is 26.2 Å². The van der Waals surface area contributed by atoms with Gasteiger partial charge in [-0.1, -0.05) is 105 Å². The number of carbonyl (C=O) groups excluding carboxylic acids is 7. The highest BCUT2D eigenvalue weighted by molar-refractivity contribution is 5.92. The number of Topliss-reactive ketones (excluding diaryl/α,β-unsaturated/α-hetero) is 2. The van der Waals surface area contributed by atoms with Crippen molar-refractivity contribution < 1.29 is 57.7 Å². The predicted octanol–water partition coefficient (Wildman–Crippen LogP) is 9.04. The van der Waals surface area contributed by atoms with Gasteiger partial charge in [0.1, 0.15) is 35.7 Å². The Balaban J connectivity index is 0.000000296. The van der Waals surface area contributed by atoms with Gasteiger partial charge < -0.3 is 29.1 Å². The van der Waals surface area contributed by atoms with Crippen LogP contribution in [-0.2, 0) is 67.2 Å². The zero-order valence-electron chi connectivity index (χ0n) is 46.9. The Morgan fingerprint density at radius 2 is 1.22 bits per heavy atom. The molecule has 0 spiro atoms. The van der Waals surface area contributed by atoms with Gasteiger partial charge in [-0.15, -0.1) is 0 Å². The average Bonchev–Trinajstić information content (AvgIpc) is 3.95. The Kier molecular flexibility index (Phi) is 23.0. The molecule has 3 heterocycles. The van der Waals surface area contributed by atoms with Gasteiger partial charge in [-0.25, -0.2) is 9.59 Å². The summed E-state index contributed by atoms with van der Waals surface area (Å²) in [6.07, 6.45) is 4.07. The van der Waals surface area contributed by atoms with Crippen LogP contribution in [0.1, 0.15) is 143 Å². The molecule has 3 aromatic carbocycles. The molecule has 77 heavy (non-hydrogen) atoms. The molecule has 3 fully saturated rings. The second-order valence-electron chi connectivity index (χ2n) is 23.1. The van der Waals surface area contributed by atoms with Crippen molar-refractivity contribution in [1.82, 2.24) is 19.6 Å². The smallest absolute Gasteiger partial charge is 0.410 e. The number of aliphatic carboxylic acids is 1. The highest BCUT2D eigenvalue weighted by atomic mass is 16.6. The van der Waals surface area contributed by atoms with Gasteiger partial charge in [0.2, 0.25) is 11.8 Å². The first-order valence-corrected chi connectivity index (χ1v) is 27.5. The van der Waals surface area contributed by atoms with Crippen molar-refractivity contribution in [3.63, 3.8) is 0 Å². The van der Waals surface area contributed by atoms with E-state index in [2.05, 4.69) is 24.0 Å². The predicted molar refractivity (Wildman–Crippen MR) is 292 cm³/mol. The second kappa shape index (κ2) is 28.8. The van der Waals surface area contributed by atoms with Gasteiger partial charge >= 0.3 is 24.0 Å². The number of aryl methyl sites for hydroxylation is 2. The summed E-state index contributed by atoms with van der Waals surface area (Å²) in [4.78, 5) is 110. The minimum atomic E-state index is -1.06. The fourth-order valence-electron chi connectivity index (χ4n) is 10.6. The molecule has 3 aromatic rings. The minimum Gasteiger partial charge on any atom is -0.480 e. The standard InChI is InChI=1S/C35H46N2O7.C26H38N2O5/c1-25-22-31(37(23-25)34(42)43-24-28-14-10-7-11-15-28)33(41)36(21-20-29(39)17-16-27-12-8-6-9-13-27)30(26(2)38)18-19-32(40)44-35(3,4)5;1-18-16-22-24(30)27(21(25(31)32)12-13-23(29)33-26(2,3)4)15-14-20(28(22)17-18)11-10-19-8-6-5-7-9-19/h6-15,25,30-31H,16-24H2,1-5H3;5-9,18,20-22H,10-17H2,1-4H3,(H,31,32)/t25-,30-,31+;18-,20?,21-,22+/m11/s1. The number of carboxylic acid groups (broad SMARTS) is 1. The maximum atomic E-state index is 14.2. The van der Waals surface area contributed by atoms with Crippen LogP contribution in [0.3, 0.4) is 0 Å². The summed E-state index contributed by atoms with van der Waals surface area (Å²) in [5.74, 6) is -2.44. The quantitative estimate of drug-likeness (QED) is 0.0740.